The van der Waals surface area contributed by atoms with Gasteiger partial charge in [0, 0.05) is 91.6 Å². The summed E-state index contributed by atoms with van der Waals surface area (Å²) < 4.78 is 0. The quantitative estimate of drug-likeness (QED) is 0.0255. The minimum atomic E-state index is -0.624. The van der Waals surface area contributed by atoms with Gasteiger partial charge >= 0.3 is 0 Å². The zero-order valence-corrected chi connectivity index (χ0v) is 101. The molecule has 0 spiro atoms. The second kappa shape index (κ2) is 129. The van der Waals surface area contributed by atoms with Crippen LogP contribution in [0.5, 0.6) is 0 Å². The van der Waals surface area contributed by atoms with Gasteiger partial charge in [-0.1, -0.05) is 557 Å². The Morgan fingerprint density at radius 3 is 0.483 bits per heavy atom. The number of aliphatic hydroxyl groups excluding tert-OH is 1. The summed E-state index contributed by atoms with van der Waals surface area (Å²) in [4.78, 5) is 87.1. The maximum atomic E-state index is 13.3. The van der Waals surface area contributed by atoms with Crippen molar-refractivity contribution in [1.29, 1.82) is 0 Å². The smallest absolute Gasteiger partial charge is 0.234 e. The van der Waals surface area contributed by atoms with Crippen LogP contribution in [0.25, 0.3) is 0 Å². The number of unbranched alkanes of at least 4 members (excludes halogenated alkanes) is 77. The topological polar surface area (TPSA) is 244 Å². The highest BCUT2D eigenvalue weighted by molar-refractivity contribution is 5.82. The van der Waals surface area contributed by atoms with E-state index in [-0.39, 0.29) is 74.7 Å². The third-order valence-corrected chi connectivity index (χ3v) is 29.6. The monoisotopic (exact) mass is 2080 g/mol. The highest BCUT2D eigenvalue weighted by Crippen LogP contribution is 2.20. The Morgan fingerprint density at radius 2 is 0.293 bits per heavy atom. The van der Waals surface area contributed by atoms with Crippen molar-refractivity contribution in [3.05, 3.63) is 0 Å². The first-order valence-corrected chi connectivity index (χ1v) is 65.6. The van der Waals surface area contributed by atoms with Crippen molar-refractivity contribution in [3.63, 3.8) is 0 Å². The van der Waals surface area contributed by atoms with Gasteiger partial charge in [-0.15, -0.1) is 0 Å². The van der Waals surface area contributed by atoms with Crippen molar-refractivity contribution in [1.82, 2.24) is 67.5 Å². The normalized spacial score (nSPS) is 11.7. The predicted octanol–water partition coefficient (Wildman–Crippen LogP) is 30.7. The third-order valence-electron chi connectivity index (χ3n) is 29.6. The number of carbonyl (C=O) groups excluding carboxylic acids is 6. The summed E-state index contributed by atoms with van der Waals surface area (Å²) in [5.74, 6) is -0.159. The molecule has 6 amide bonds. The molecule has 0 fully saturated rings. The first-order chi connectivity index (χ1) is 72.3. The molecule has 0 bridgehead atoms. The van der Waals surface area contributed by atoms with E-state index in [1.54, 1.807) is 0 Å². The summed E-state index contributed by atoms with van der Waals surface area (Å²) in [6.07, 6.45) is 110. The fourth-order valence-corrected chi connectivity index (χ4v) is 20.0. The number of carbonyl (C=O) groups is 6. The van der Waals surface area contributed by atoms with Crippen LogP contribution in [0.15, 0.2) is 0 Å². The van der Waals surface area contributed by atoms with Crippen LogP contribution in [-0.4, -0.2) is 223 Å². The highest BCUT2D eigenvalue weighted by Gasteiger charge is 2.22. The zero-order chi connectivity index (χ0) is 107. The number of hydrogen-bond acceptors (Lipinski definition) is 14. The average molecular weight is 2080 g/mol. The summed E-state index contributed by atoms with van der Waals surface area (Å²) in [5, 5.41) is 41.1. The molecule has 20 heteroatoms. The summed E-state index contributed by atoms with van der Waals surface area (Å²) in [7, 11) is 0. The Bertz CT molecular complexity index is 2390. The fraction of sp³-hybridized carbons (Fsp3) is 0.953. The van der Waals surface area contributed by atoms with Crippen molar-refractivity contribution in [3.8, 4) is 0 Å². The standard InChI is InChI=1S/C63H129N5O3.C62H126N8O4.C2H6/c1-5-9-13-17-21-25-29-31-33-37-41-45-51-64-52-48-50-56-67(55-49-44-40-36-32-30-26-22-18-14-10-6-2)57-61(69)58-68(59-62(70)65-53-46-42-38-34-27-23-19-15-11-7-3)60-63(71)66-54-47-43-39-35-28-24-20-16-12-8-4;1-5-9-13-17-21-25-29-33-37-41-45-65-59(71)55-69(56-60(72)66-46-42-38-34-30-26-22-18-14-10-6-2)53-51-63-49-50-64-52-54-70(57-61(73)67-47-43-39-35-31-27-23-19-15-11-7-3)58-62(74)68-48-44-40-36-32-28-24-20-16-12-8-4;1-2/h61,64,69H,5-60H2,1-4H3,(H,65,70)(H,66,71);63-64H,5-58H2,1-4H3,(H,65,71)(H,66,72)(H,67,73)(H,68,74);1-2H3. The third kappa shape index (κ3) is 124. The molecule has 147 heavy (non-hydrogen) atoms. The minimum Gasteiger partial charge on any atom is -0.390 e. The van der Waals surface area contributed by atoms with Gasteiger partial charge in [0.1, 0.15) is 0 Å². The molecule has 0 radical (unpaired) electrons. The van der Waals surface area contributed by atoms with Crippen LogP contribution < -0.4 is 47.9 Å². The largest absolute Gasteiger partial charge is 0.390 e. The fourth-order valence-electron chi connectivity index (χ4n) is 20.0. The van der Waals surface area contributed by atoms with E-state index in [1.165, 1.54) is 456 Å². The lowest BCUT2D eigenvalue weighted by molar-refractivity contribution is -0.127. The van der Waals surface area contributed by atoms with E-state index in [9.17, 15) is 33.9 Å². The van der Waals surface area contributed by atoms with Crippen LogP contribution in [0, 0.1) is 0 Å². The molecular weight excluding hydrogens is 1820 g/mol. The molecule has 0 aliphatic carbocycles. The maximum Gasteiger partial charge on any atom is 0.234 e. The molecule has 0 saturated carbocycles. The molecule has 1 atom stereocenters. The average Bonchev–Trinajstić information content (AvgIpc) is 0.896. The van der Waals surface area contributed by atoms with Crippen molar-refractivity contribution in [2.45, 2.75) is 628 Å². The van der Waals surface area contributed by atoms with Gasteiger partial charge in [0.05, 0.1) is 45.4 Å². The molecule has 0 rings (SSSR count). The number of amides is 6. The van der Waals surface area contributed by atoms with Crippen LogP contribution in [0.2, 0.25) is 0 Å². The van der Waals surface area contributed by atoms with E-state index in [0.717, 1.165) is 136 Å². The molecule has 0 aliphatic heterocycles. The van der Waals surface area contributed by atoms with Crippen LogP contribution >= 0.6 is 0 Å². The number of aliphatic hydroxyl groups is 1. The van der Waals surface area contributed by atoms with Gasteiger partial charge in [0.15, 0.2) is 0 Å². The van der Waals surface area contributed by atoms with Crippen molar-refractivity contribution in [2.75, 3.05) is 157 Å². The molecular formula is C127H261N13O7. The molecule has 0 aromatic rings. The Balaban J connectivity index is -0.00000278. The molecule has 876 valence electrons. The van der Waals surface area contributed by atoms with Gasteiger partial charge in [-0.3, -0.25) is 43.5 Å². The van der Waals surface area contributed by atoms with E-state index < -0.39 is 6.10 Å². The highest BCUT2D eigenvalue weighted by atomic mass is 16.3. The lowest BCUT2D eigenvalue weighted by Crippen LogP contribution is -2.48. The predicted molar refractivity (Wildman–Crippen MR) is 642 cm³/mol. The van der Waals surface area contributed by atoms with Crippen LogP contribution in [0.4, 0.5) is 0 Å². The molecule has 0 aromatic carbocycles. The maximum absolute atomic E-state index is 13.3. The van der Waals surface area contributed by atoms with Gasteiger partial charge in [-0.25, -0.2) is 0 Å². The molecule has 1 unspecified atom stereocenters. The molecule has 0 saturated heterocycles. The molecule has 0 aliphatic rings. The summed E-state index contributed by atoms with van der Waals surface area (Å²) >= 11 is 0. The SMILES string of the molecule is CC.CCCCCCCCCCCCCCNCCCCN(CCCCCCCCCCCCCC)CC(O)CN(CC(=O)NCCCCCCCCCCCC)CC(=O)NCCCCCCCCCCCC.CCCCCCCCCCCCNC(=O)CN(CCNCCNCCN(CC(=O)NCCCCCCCCCCCC)CC(=O)NCCCCCCCCCCCC)CC(=O)NCCCCCCCCCCCC. The van der Waals surface area contributed by atoms with Crippen LogP contribution in [-0.2, 0) is 28.8 Å². The van der Waals surface area contributed by atoms with E-state index >= 15 is 0 Å². The number of rotatable bonds is 122. The second-order valence-corrected chi connectivity index (χ2v) is 44.5. The van der Waals surface area contributed by atoms with Gasteiger partial charge < -0.3 is 57.9 Å². The van der Waals surface area contributed by atoms with Crippen molar-refractivity contribution in [2.24, 2.45) is 0 Å². The number of nitrogens with zero attached hydrogens (tertiary/aromatic N) is 4. The van der Waals surface area contributed by atoms with Crippen LogP contribution in [0.3, 0.4) is 0 Å². The van der Waals surface area contributed by atoms with Crippen molar-refractivity contribution >= 4 is 35.4 Å². The first-order valence-electron chi connectivity index (χ1n) is 65.6. The Morgan fingerprint density at radius 1 is 0.156 bits per heavy atom. The molecule has 20 nitrogen and oxygen atoms in total. The van der Waals surface area contributed by atoms with Crippen molar-refractivity contribution < 1.29 is 33.9 Å². The second-order valence-electron chi connectivity index (χ2n) is 44.5. The summed E-state index contributed by atoms with van der Waals surface area (Å²) in [6.45, 7) is 36.4. The minimum absolute atomic E-state index is 0.0189. The van der Waals surface area contributed by atoms with Gasteiger partial charge in [-0.05, 0) is 90.4 Å². The van der Waals surface area contributed by atoms with E-state index in [4.69, 9.17) is 0 Å². The first kappa shape index (κ1) is 148. The molecule has 0 aromatic heterocycles. The van der Waals surface area contributed by atoms with Gasteiger partial charge in [0.2, 0.25) is 35.4 Å². The van der Waals surface area contributed by atoms with Gasteiger partial charge in [-0.2, -0.15) is 0 Å². The van der Waals surface area contributed by atoms with E-state index in [1.807, 2.05) is 28.5 Å². The lowest BCUT2D eigenvalue weighted by atomic mass is 10.1. The molecule has 10 N–H and O–H groups in total. The summed E-state index contributed by atoms with van der Waals surface area (Å²) in [5.41, 5.74) is 0. The Labute approximate surface area is 915 Å². The van der Waals surface area contributed by atoms with E-state index in [0.29, 0.717) is 78.5 Å². The number of hydrogen-bond donors (Lipinski definition) is 10. The lowest BCUT2D eigenvalue weighted by Gasteiger charge is -2.29. The zero-order valence-electron chi connectivity index (χ0n) is 101. The number of nitrogens with one attached hydrogen (secondary N) is 9. The van der Waals surface area contributed by atoms with Crippen LogP contribution in [0.1, 0.15) is 621 Å². The van der Waals surface area contributed by atoms with E-state index in [2.05, 4.69) is 108 Å². The van der Waals surface area contributed by atoms with Gasteiger partial charge in [0.25, 0.3) is 0 Å². The summed E-state index contributed by atoms with van der Waals surface area (Å²) in [6, 6.07) is 0. The molecule has 0 heterocycles. The Kier molecular flexibility index (Phi) is 130. The Hall–Kier alpha value is -3.50.